The molecule has 1 aromatic carbocycles. The number of aliphatic hydroxyl groups is 1. The first-order valence-corrected chi connectivity index (χ1v) is 9.86. The van der Waals surface area contributed by atoms with Crippen molar-refractivity contribution in [2.75, 3.05) is 19.0 Å². The summed E-state index contributed by atoms with van der Waals surface area (Å²) in [6.07, 6.45) is 5.36. The second-order valence-corrected chi connectivity index (χ2v) is 8.09. The molecule has 4 rings (SSSR count). The average molecular weight is 441 g/mol. The molecule has 3 aromatic rings. The molecule has 0 spiro atoms. The van der Waals surface area contributed by atoms with E-state index in [1.165, 1.54) is 0 Å². The summed E-state index contributed by atoms with van der Waals surface area (Å²) in [6, 6.07) is 9.65. The van der Waals surface area contributed by atoms with Crippen molar-refractivity contribution < 1.29 is 9.84 Å². The highest BCUT2D eigenvalue weighted by Gasteiger charge is 2.34. The summed E-state index contributed by atoms with van der Waals surface area (Å²) in [5.41, 5.74) is 4.38. The van der Waals surface area contributed by atoms with Crippen LogP contribution in [0.25, 0.3) is 11.3 Å². The monoisotopic (exact) mass is 440 g/mol. The van der Waals surface area contributed by atoms with Gasteiger partial charge < -0.3 is 15.2 Å². The Morgan fingerprint density at radius 3 is 2.89 bits per heavy atom. The van der Waals surface area contributed by atoms with E-state index in [1.54, 1.807) is 13.3 Å². The smallest absolute Gasteiger partial charge is 0.227 e. The second-order valence-electron chi connectivity index (χ2n) is 7.17. The first kappa shape index (κ1) is 18.8. The number of hydrogen-bond acceptors (Lipinski definition) is 6. The predicted molar refractivity (Wildman–Crippen MR) is 112 cm³/mol. The second kappa shape index (κ2) is 7.48. The molecule has 1 aliphatic rings. The van der Waals surface area contributed by atoms with Gasteiger partial charge in [0.05, 0.1) is 25.1 Å². The maximum absolute atomic E-state index is 9.83. The number of pyridine rings is 1. The van der Waals surface area contributed by atoms with Crippen LogP contribution >= 0.6 is 15.9 Å². The molecule has 0 amide bonds. The van der Waals surface area contributed by atoms with Crippen LogP contribution < -0.4 is 10.1 Å². The highest BCUT2D eigenvalue weighted by molar-refractivity contribution is 9.10. The third-order valence-corrected chi connectivity index (χ3v) is 5.74. The van der Waals surface area contributed by atoms with Crippen LogP contribution in [-0.2, 0) is 11.8 Å². The van der Waals surface area contributed by atoms with Crippen LogP contribution in [0.1, 0.15) is 24.6 Å². The molecule has 7 heteroatoms. The quantitative estimate of drug-likeness (QED) is 0.617. The first-order chi connectivity index (χ1) is 13.5. The Morgan fingerprint density at radius 1 is 1.25 bits per heavy atom. The van der Waals surface area contributed by atoms with Crippen LogP contribution in [0.15, 0.2) is 47.2 Å². The highest BCUT2D eigenvalue weighted by Crippen LogP contribution is 2.39. The lowest BCUT2D eigenvalue weighted by Crippen LogP contribution is -2.23. The minimum Gasteiger partial charge on any atom is -0.495 e. The molecule has 2 heterocycles. The summed E-state index contributed by atoms with van der Waals surface area (Å²) in [7, 11) is 1.63. The number of halogens is 1. The minimum atomic E-state index is -0.240. The fourth-order valence-electron chi connectivity index (χ4n) is 3.53. The van der Waals surface area contributed by atoms with Crippen LogP contribution in [0.3, 0.4) is 0 Å². The lowest BCUT2D eigenvalue weighted by molar-refractivity contribution is 0.206. The topological polar surface area (TPSA) is 80.2 Å². The number of rotatable bonds is 5. The number of methoxy groups -OCH3 is 1. The van der Waals surface area contributed by atoms with Crippen molar-refractivity contribution in [2.24, 2.45) is 0 Å². The molecule has 2 N–H and O–H groups in total. The summed E-state index contributed by atoms with van der Waals surface area (Å²) in [6.45, 7) is 2.20. The van der Waals surface area contributed by atoms with Crippen LogP contribution in [0.4, 0.5) is 11.6 Å². The molecule has 6 nitrogen and oxygen atoms in total. The third-order valence-electron chi connectivity index (χ3n) is 5.24. The van der Waals surface area contributed by atoms with E-state index in [0.29, 0.717) is 11.7 Å². The van der Waals surface area contributed by atoms with Crippen molar-refractivity contribution in [2.45, 2.75) is 25.2 Å². The van der Waals surface area contributed by atoms with Crippen molar-refractivity contribution in [3.63, 3.8) is 0 Å². The maximum Gasteiger partial charge on any atom is 0.227 e. The van der Waals surface area contributed by atoms with Gasteiger partial charge in [-0.2, -0.15) is 0 Å². The average Bonchev–Trinajstić information content (AvgIpc) is 3.05. The standard InChI is InChI=1S/C21H21BrN4O2/c1-21(12-27)7-5-17-15(21)9-13(11-24-17)16-6-8-23-20(25-16)26-18-10-14(22)3-4-19(18)28-2/h3-4,6,8-11,27H,5,7,12H2,1-2H3,(H,23,25,26). The Labute approximate surface area is 172 Å². The van der Waals surface area contributed by atoms with E-state index < -0.39 is 0 Å². The molecule has 0 fully saturated rings. The number of nitrogens with one attached hydrogen (secondary N) is 1. The summed E-state index contributed by atoms with van der Waals surface area (Å²) < 4.78 is 6.33. The number of aliphatic hydroxyl groups excluding tert-OH is 1. The highest BCUT2D eigenvalue weighted by atomic mass is 79.9. The van der Waals surface area contributed by atoms with Crippen molar-refractivity contribution in [1.29, 1.82) is 0 Å². The van der Waals surface area contributed by atoms with Gasteiger partial charge in [-0.1, -0.05) is 22.9 Å². The molecule has 144 valence electrons. The molecule has 1 aliphatic carbocycles. The van der Waals surface area contributed by atoms with E-state index in [0.717, 1.165) is 45.5 Å². The van der Waals surface area contributed by atoms with Gasteiger partial charge in [0.1, 0.15) is 5.75 Å². The Balaban J connectivity index is 1.67. The molecule has 1 unspecified atom stereocenters. The molecule has 1 atom stereocenters. The Kier molecular flexibility index (Phi) is 5.03. The van der Waals surface area contributed by atoms with Gasteiger partial charge in [0.15, 0.2) is 0 Å². The van der Waals surface area contributed by atoms with Crippen molar-refractivity contribution in [3.8, 4) is 17.0 Å². The Morgan fingerprint density at radius 2 is 2.11 bits per heavy atom. The zero-order valence-electron chi connectivity index (χ0n) is 15.7. The number of benzene rings is 1. The summed E-state index contributed by atoms with van der Waals surface area (Å²) in [5, 5.41) is 13.1. The number of aryl methyl sites for hydroxylation is 1. The number of fused-ring (bicyclic) bond motifs is 1. The molecule has 0 aliphatic heterocycles. The lowest BCUT2D eigenvalue weighted by Gasteiger charge is -2.22. The molecular weight excluding hydrogens is 420 g/mol. The maximum atomic E-state index is 9.83. The van der Waals surface area contributed by atoms with E-state index >= 15 is 0 Å². The van der Waals surface area contributed by atoms with Crippen molar-refractivity contribution in [1.82, 2.24) is 15.0 Å². The largest absolute Gasteiger partial charge is 0.495 e. The summed E-state index contributed by atoms with van der Waals surface area (Å²) in [5.74, 6) is 1.18. The van der Waals surface area contributed by atoms with Gasteiger partial charge in [0.25, 0.3) is 0 Å². The fraction of sp³-hybridized carbons (Fsp3) is 0.286. The molecule has 0 saturated carbocycles. The Hall–Kier alpha value is -2.51. The van der Waals surface area contributed by atoms with Crippen LogP contribution in [0.5, 0.6) is 5.75 Å². The van der Waals surface area contributed by atoms with Gasteiger partial charge in [0, 0.05) is 33.5 Å². The number of ether oxygens (including phenoxy) is 1. The van der Waals surface area contributed by atoms with Crippen molar-refractivity contribution in [3.05, 3.63) is 58.5 Å². The normalized spacial score (nSPS) is 18.0. The van der Waals surface area contributed by atoms with Gasteiger partial charge in [0.2, 0.25) is 5.95 Å². The van der Waals surface area contributed by atoms with Gasteiger partial charge in [-0.05, 0) is 48.7 Å². The molecule has 0 bridgehead atoms. The van der Waals surface area contributed by atoms with Crippen LogP contribution in [-0.4, -0.2) is 33.8 Å². The van der Waals surface area contributed by atoms with Gasteiger partial charge in [-0.15, -0.1) is 0 Å². The zero-order valence-corrected chi connectivity index (χ0v) is 17.3. The van der Waals surface area contributed by atoms with Crippen molar-refractivity contribution >= 4 is 27.6 Å². The van der Waals surface area contributed by atoms with E-state index in [1.807, 2.05) is 30.5 Å². The molecule has 0 radical (unpaired) electrons. The number of hydrogen-bond donors (Lipinski definition) is 2. The fourth-order valence-corrected chi connectivity index (χ4v) is 3.89. The van der Waals surface area contributed by atoms with Gasteiger partial charge >= 0.3 is 0 Å². The Bertz CT molecular complexity index is 1030. The molecule has 2 aromatic heterocycles. The lowest BCUT2D eigenvalue weighted by atomic mass is 9.85. The summed E-state index contributed by atoms with van der Waals surface area (Å²) >= 11 is 3.47. The van der Waals surface area contributed by atoms with Gasteiger partial charge in [-0.25, -0.2) is 9.97 Å². The summed E-state index contributed by atoms with van der Waals surface area (Å²) in [4.78, 5) is 13.6. The van der Waals surface area contributed by atoms with Crippen LogP contribution in [0.2, 0.25) is 0 Å². The number of aromatic nitrogens is 3. The SMILES string of the molecule is COc1ccc(Br)cc1Nc1nccc(-c2cnc3c(c2)C(C)(CO)CC3)n1. The molecule has 28 heavy (non-hydrogen) atoms. The zero-order chi connectivity index (χ0) is 19.7. The minimum absolute atomic E-state index is 0.115. The third kappa shape index (κ3) is 3.47. The van der Waals surface area contributed by atoms with E-state index in [9.17, 15) is 5.11 Å². The number of nitrogens with zero attached hydrogens (tertiary/aromatic N) is 3. The molecular formula is C21H21BrN4O2. The van der Waals surface area contributed by atoms with E-state index in [4.69, 9.17) is 4.74 Å². The first-order valence-electron chi connectivity index (χ1n) is 9.07. The van der Waals surface area contributed by atoms with Gasteiger partial charge in [-0.3, -0.25) is 4.98 Å². The van der Waals surface area contributed by atoms with Crippen LogP contribution in [0, 0.1) is 0 Å². The van der Waals surface area contributed by atoms with E-state index in [-0.39, 0.29) is 12.0 Å². The number of anilines is 2. The predicted octanol–water partition coefficient (Wildman–Crippen LogP) is 4.25. The molecule has 0 saturated heterocycles. The van der Waals surface area contributed by atoms with E-state index in [2.05, 4.69) is 49.2 Å².